The molecular weight excluding hydrogens is 214 g/mol. The van der Waals surface area contributed by atoms with Crippen molar-refractivity contribution >= 4 is 0 Å². The van der Waals surface area contributed by atoms with Gasteiger partial charge < -0.3 is 9.73 Å². The number of hydrogen-bond acceptors (Lipinski definition) is 4. The van der Waals surface area contributed by atoms with Crippen molar-refractivity contribution in [3.8, 4) is 11.5 Å². The Bertz CT molecular complexity index is 505. The Morgan fingerprint density at radius 1 is 1.24 bits per heavy atom. The van der Waals surface area contributed by atoms with E-state index in [1.54, 1.807) is 0 Å². The molecule has 0 aromatic carbocycles. The van der Waals surface area contributed by atoms with Crippen molar-refractivity contribution < 1.29 is 4.42 Å². The fraction of sp³-hybridized carbons (Fsp3) is 0.385. The number of hydrogen-bond donors (Lipinski definition) is 1. The number of nitrogens with zero attached hydrogens (tertiary/aromatic N) is 2. The molecule has 4 nitrogen and oxygen atoms in total. The van der Waals surface area contributed by atoms with Crippen molar-refractivity contribution in [2.24, 2.45) is 0 Å². The summed E-state index contributed by atoms with van der Waals surface area (Å²) in [5, 5.41) is 3.22. The van der Waals surface area contributed by atoms with Gasteiger partial charge in [-0.1, -0.05) is 6.92 Å². The molecule has 0 atom stereocenters. The van der Waals surface area contributed by atoms with Gasteiger partial charge in [0, 0.05) is 5.69 Å². The topological polar surface area (TPSA) is 51.0 Å². The Balaban J connectivity index is 2.31. The lowest BCUT2D eigenvalue weighted by molar-refractivity contribution is 0.545. The van der Waals surface area contributed by atoms with E-state index in [9.17, 15) is 0 Å². The van der Waals surface area contributed by atoms with Crippen LogP contribution >= 0.6 is 0 Å². The predicted molar refractivity (Wildman–Crippen MR) is 66.6 cm³/mol. The molecule has 0 saturated heterocycles. The van der Waals surface area contributed by atoms with Gasteiger partial charge in [-0.25, -0.2) is 9.97 Å². The summed E-state index contributed by atoms with van der Waals surface area (Å²) < 4.78 is 5.57. The van der Waals surface area contributed by atoms with E-state index in [2.05, 4.69) is 22.2 Å². The van der Waals surface area contributed by atoms with Crippen LogP contribution in [0.5, 0.6) is 0 Å². The molecule has 0 aliphatic rings. The number of aromatic nitrogens is 2. The van der Waals surface area contributed by atoms with E-state index in [0.717, 1.165) is 35.3 Å². The molecule has 1 N–H and O–H groups in total. The molecule has 0 bridgehead atoms. The average Bonchev–Trinajstić information content (AvgIpc) is 2.72. The number of rotatable bonds is 4. The molecule has 0 aliphatic carbocycles. The molecule has 0 saturated carbocycles. The summed E-state index contributed by atoms with van der Waals surface area (Å²) in [6.07, 6.45) is 0. The zero-order valence-electron chi connectivity index (χ0n) is 10.4. The van der Waals surface area contributed by atoms with Gasteiger partial charge in [0.05, 0.1) is 6.54 Å². The Kier molecular flexibility index (Phi) is 3.54. The van der Waals surface area contributed by atoms with E-state index in [4.69, 9.17) is 4.42 Å². The first-order valence-electron chi connectivity index (χ1n) is 5.81. The van der Waals surface area contributed by atoms with Crippen LogP contribution < -0.4 is 5.32 Å². The minimum atomic E-state index is 0.685. The lowest BCUT2D eigenvalue weighted by Crippen LogP contribution is -2.14. The van der Waals surface area contributed by atoms with Gasteiger partial charge in [-0.15, -0.1) is 0 Å². The summed E-state index contributed by atoms with van der Waals surface area (Å²) in [6.45, 7) is 7.55. The second kappa shape index (κ2) is 5.10. The quantitative estimate of drug-likeness (QED) is 0.878. The Hall–Kier alpha value is -1.68. The van der Waals surface area contributed by atoms with Crippen LogP contribution in [0.2, 0.25) is 0 Å². The van der Waals surface area contributed by atoms with Crippen LogP contribution in [0.1, 0.15) is 24.2 Å². The van der Waals surface area contributed by atoms with Gasteiger partial charge in [-0.3, -0.25) is 0 Å². The summed E-state index contributed by atoms with van der Waals surface area (Å²) in [5.74, 6) is 2.49. The summed E-state index contributed by atoms with van der Waals surface area (Å²) in [6, 6.07) is 5.82. The summed E-state index contributed by atoms with van der Waals surface area (Å²) in [5.41, 5.74) is 1.80. The van der Waals surface area contributed by atoms with Gasteiger partial charge >= 0.3 is 0 Å². The summed E-state index contributed by atoms with van der Waals surface area (Å²) in [4.78, 5) is 8.88. The SMILES string of the molecule is CCNCc1nc(C)cc(-c2ccc(C)o2)n1. The smallest absolute Gasteiger partial charge is 0.152 e. The van der Waals surface area contributed by atoms with Crippen LogP contribution in [0.15, 0.2) is 22.6 Å². The maximum absolute atomic E-state index is 5.57. The third kappa shape index (κ3) is 2.91. The van der Waals surface area contributed by atoms with E-state index in [1.165, 1.54) is 0 Å². The molecule has 2 rings (SSSR count). The fourth-order valence-corrected chi connectivity index (χ4v) is 1.64. The van der Waals surface area contributed by atoms with Gasteiger partial charge in [0.25, 0.3) is 0 Å². The van der Waals surface area contributed by atoms with Crippen molar-refractivity contribution in [1.82, 2.24) is 15.3 Å². The predicted octanol–water partition coefficient (Wildman–Crippen LogP) is 2.46. The highest BCUT2D eigenvalue weighted by molar-refractivity contribution is 5.52. The molecule has 0 spiro atoms. The van der Waals surface area contributed by atoms with Gasteiger partial charge in [-0.2, -0.15) is 0 Å². The summed E-state index contributed by atoms with van der Waals surface area (Å²) >= 11 is 0. The van der Waals surface area contributed by atoms with Crippen molar-refractivity contribution in [2.75, 3.05) is 6.54 Å². The first-order chi connectivity index (χ1) is 8.19. The Morgan fingerprint density at radius 3 is 2.71 bits per heavy atom. The molecule has 2 heterocycles. The molecule has 17 heavy (non-hydrogen) atoms. The minimum Gasteiger partial charge on any atom is -0.460 e. The number of nitrogens with one attached hydrogen (secondary N) is 1. The van der Waals surface area contributed by atoms with E-state index < -0.39 is 0 Å². The molecule has 0 radical (unpaired) electrons. The monoisotopic (exact) mass is 231 g/mol. The zero-order chi connectivity index (χ0) is 12.3. The van der Waals surface area contributed by atoms with Gasteiger partial charge in [0.15, 0.2) is 5.76 Å². The Morgan fingerprint density at radius 2 is 2.06 bits per heavy atom. The van der Waals surface area contributed by atoms with Crippen molar-refractivity contribution in [1.29, 1.82) is 0 Å². The van der Waals surface area contributed by atoms with Crippen molar-refractivity contribution in [2.45, 2.75) is 27.3 Å². The lowest BCUT2D eigenvalue weighted by Gasteiger charge is -2.04. The molecule has 2 aromatic rings. The van der Waals surface area contributed by atoms with Crippen LogP contribution in [0.3, 0.4) is 0 Å². The lowest BCUT2D eigenvalue weighted by atomic mass is 10.2. The van der Waals surface area contributed by atoms with E-state index in [1.807, 2.05) is 32.0 Å². The minimum absolute atomic E-state index is 0.685. The van der Waals surface area contributed by atoms with Crippen molar-refractivity contribution in [3.63, 3.8) is 0 Å². The molecule has 4 heteroatoms. The number of aryl methyl sites for hydroxylation is 2. The van der Waals surface area contributed by atoms with E-state index in [0.29, 0.717) is 6.54 Å². The first kappa shape index (κ1) is 11.8. The van der Waals surface area contributed by atoms with Crippen LogP contribution in [-0.2, 0) is 6.54 Å². The van der Waals surface area contributed by atoms with Gasteiger partial charge in [0.2, 0.25) is 0 Å². The molecule has 2 aromatic heterocycles. The van der Waals surface area contributed by atoms with Crippen LogP contribution in [-0.4, -0.2) is 16.5 Å². The largest absolute Gasteiger partial charge is 0.460 e. The molecule has 90 valence electrons. The zero-order valence-corrected chi connectivity index (χ0v) is 10.4. The molecule has 0 unspecified atom stereocenters. The normalized spacial score (nSPS) is 10.8. The van der Waals surface area contributed by atoms with E-state index in [-0.39, 0.29) is 0 Å². The second-order valence-electron chi connectivity index (χ2n) is 4.00. The standard InChI is InChI=1S/C13H17N3O/c1-4-14-8-13-15-9(2)7-11(16-13)12-6-5-10(3)17-12/h5-7,14H,4,8H2,1-3H3. The fourth-order valence-electron chi connectivity index (χ4n) is 1.64. The highest BCUT2D eigenvalue weighted by Gasteiger charge is 2.07. The molecule has 0 amide bonds. The molecular formula is C13H17N3O. The maximum atomic E-state index is 5.57. The molecule has 0 aliphatic heterocycles. The first-order valence-corrected chi connectivity index (χ1v) is 5.81. The van der Waals surface area contributed by atoms with E-state index >= 15 is 0 Å². The summed E-state index contributed by atoms with van der Waals surface area (Å²) in [7, 11) is 0. The molecule has 0 fully saturated rings. The number of furan rings is 1. The van der Waals surface area contributed by atoms with Crippen LogP contribution in [0.25, 0.3) is 11.5 Å². The van der Waals surface area contributed by atoms with Crippen LogP contribution in [0, 0.1) is 13.8 Å². The van der Waals surface area contributed by atoms with Crippen molar-refractivity contribution in [3.05, 3.63) is 35.5 Å². The maximum Gasteiger partial charge on any atom is 0.152 e. The van der Waals surface area contributed by atoms with Gasteiger partial charge in [0.1, 0.15) is 17.3 Å². The highest BCUT2D eigenvalue weighted by atomic mass is 16.3. The highest BCUT2D eigenvalue weighted by Crippen LogP contribution is 2.20. The average molecular weight is 231 g/mol. The van der Waals surface area contributed by atoms with Gasteiger partial charge in [-0.05, 0) is 38.6 Å². The van der Waals surface area contributed by atoms with Crippen LogP contribution in [0.4, 0.5) is 0 Å². The second-order valence-corrected chi connectivity index (χ2v) is 4.00. The third-order valence-electron chi connectivity index (χ3n) is 2.43. The third-order valence-corrected chi connectivity index (χ3v) is 2.43. The Labute approximate surface area is 101 Å².